The number of benzene rings is 2. The molecule has 37 heavy (non-hydrogen) atoms. The monoisotopic (exact) mass is 490 g/mol. The Balaban J connectivity index is 0.973. The summed E-state index contributed by atoms with van der Waals surface area (Å²) in [5.74, 6) is -0.198. The van der Waals surface area contributed by atoms with Crippen molar-refractivity contribution in [3.63, 3.8) is 0 Å². The number of amides is 4. The van der Waals surface area contributed by atoms with Gasteiger partial charge in [-0.15, -0.1) is 0 Å². The van der Waals surface area contributed by atoms with Crippen molar-refractivity contribution in [2.75, 3.05) is 9.80 Å². The van der Waals surface area contributed by atoms with Gasteiger partial charge in [-0.05, 0) is 78.3 Å². The molecule has 6 nitrogen and oxygen atoms in total. The van der Waals surface area contributed by atoms with Gasteiger partial charge in [0.15, 0.2) is 0 Å². The van der Waals surface area contributed by atoms with E-state index in [2.05, 4.69) is 24.3 Å². The summed E-state index contributed by atoms with van der Waals surface area (Å²) < 4.78 is 0. The fourth-order valence-electron chi connectivity index (χ4n) is 8.08. The van der Waals surface area contributed by atoms with Crippen LogP contribution in [0, 0.1) is 47.3 Å². The second kappa shape index (κ2) is 7.37. The van der Waals surface area contributed by atoms with Crippen molar-refractivity contribution in [2.45, 2.75) is 19.3 Å². The fourth-order valence-corrected chi connectivity index (χ4v) is 8.08. The number of fused-ring (bicyclic) bond motifs is 10. The van der Waals surface area contributed by atoms with Gasteiger partial charge < -0.3 is 0 Å². The normalized spacial score (nSPS) is 36.4. The third-order valence-electron chi connectivity index (χ3n) is 9.74. The number of anilines is 2. The fraction of sp³-hybridized carbons (Fsp3) is 0.355. The zero-order chi connectivity index (χ0) is 25.0. The predicted molar refractivity (Wildman–Crippen MR) is 136 cm³/mol. The summed E-state index contributed by atoms with van der Waals surface area (Å²) in [6.45, 7) is 0. The third kappa shape index (κ3) is 2.81. The minimum atomic E-state index is -0.193. The Morgan fingerprint density at radius 3 is 1.08 bits per heavy atom. The number of hydrogen-bond donors (Lipinski definition) is 0. The summed E-state index contributed by atoms with van der Waals surface area (Å²) in [5.41, 5.74) is 3.40. The number of rotatable bonds is 4. The Labute approximate surface area is 214 Å². The Kier molecular flexibility index (Phi) is 4.24. The number of nitrogens with zero attached hydrogens (tertiary/aromatic N) is 2. The van der Waals surface area contributed by atoms with E-state index in [9.17, 15) is 19.2 Å². The molecule has 4 aliphatic carbocycles. The highest BCUT2D eigenvalue weighted by Crippen LogP contribution is 2.54. The summed E-state index contributed by atoms with van der Waals surface area (Å²) in [5, 5.41) is 0. The molecular weight excluding hydrogens is 464 g/mol. The predicted octanol–water partition coefficient (Wildman–Crippen LogP) is 3.90. The summed E-state index contributed by atoms with van der Waals surface area (Å²) in [6, 6.07) is 15.3. The minimum absolute atomic E-state index is 0.0610. The molecular formula is C31H26N2O4. The van der Waals surface area contributed by atoms with Gasteiger partial charge in [-0.1, -0.05) is 48.6 Å². The van der Waals surface area contributed by atoms with Crippen molar-refractivity contribution in [2.24, 2.45) is 47.3 Å². The van der Waals surface area contributed by atoms with Crippen molar-refractivity contribution >= 4 is 35.0 Å². The van der Waals surface area contributed by atoms with E-state index in [-0.39, 0.29) is 71.0 Å². The van der Waals surface area contributed by atoms with E-state index in [0.717, 1.165) is 24.0 Å². The molecule has 8 rings (SSSR count). The lowest BCUT2D eigenvalue weighted by Crippen LogP contribution is -2.32. The average molecular weight is 491 g/mol. The Morgan fingerprint density at radius 1 is 0.486 bits per heavy atom. The second-order valence-electron chi connectivity index (χ2n) is 11.5. The number of hydrogen-bond acceptors (Lipinski definition) is 4. The van der Waals surface area contributed by atoms with Crippen LogP contribution in [0.2, 0.25) is 0 Å². The SMILES string of the molecule is O=C1[C@H]2[C@H](C(=O)N1c1ccc(Cc3ccc(N4C(=O)[C@H]5[C@H](C4=O)[C@H]4C=C[C@H]5C4)cc3)cc1)[C@H]1C=C[C@H]2C1. The van der Waals surface area contributed by atoms with Gasteiger partial charge in [-0.2, -0.15) is 0 Å². The van der Waals surface area contributed by atoms with Crippen LogP contribution in [-0.4, -0.2) is 23.6 Å². The van der Waals surface area contributed by atoms with Crippen LogP contribution in [0.25, 0.3) is 0 Å². The van der Waals surface area contributed by atoms with E-state index in [1.165, 1.54) is 9.80 Å². The van der Waals surface area contributed by atoms with Crippen LogP contribution in [0.1, 0.15) is 24.0 Å². The smallest absolute Gasteiger partial charge is 0.238 e. The van der Waals surface area contributed by atoms with Gasteiger partial charge in [0.05, 0.1) is 35.0 Å². The number of allylic oxidation sites excluding steroid dienone is 4. The summed E-state index contributed by atoms with van der Waals surface area (Å²) >= 11 is 0. The molecule has 2 aliphatic heterocycles. The third-order valence-corrected chi connectivity index (χ3v) is 9.74. The maximum absolute atomic E-state index is 13.1. The lowest BCUT2D eigenvalue weighted by atomic mass is 9.85. The molecule has 2 aromatic carbocycles. The lowest BCUT2D eigenvalue weighted by molar-refractivity contribution is -0.124. The van der Waals surface area contributed by atoms with Crippen LogP contribution in [0.4, 0.5) is 11.4 Å². The van der Waals surface area contributed by atoms with E-state index in [1.54, 1.807) is 0 Å². The molecule has 2 saturated carbocycles. The second-order valence-corrected chi connectivity index (χ2v) is 11.5. The zero-order valence-corrected chi connectivity index (χ0v) is 20.2. The molecule has 0 radical (unpaired) electrons. The van der Waals surface area contributed by atoms with Gasteiger partial charge in [-0.3, -0.25) is 29.0 Å². The molecule has 0 spiro atoms. The highest BCUT2D eigenvalue weighted by atomic mass is 16.2. The molecule has 6 aliphatic rings. The van der Waals surface area contributed by atoms with E-state index >= 15 is 0 Å². The molecule has 4 fully saturated rings. The summed E-state index contributed by atoms with van der Waals surface area (Å²) in [4.78, 5) is 55.1. The highest BCUT2D eigenvalue weighted by Gasteiger charge is 2.60. The van der Waals surface area contributed by atoms with E-state index in [0.29, 0.717) is 17.8 Å². The quantitative estimate of drug-likeness (QED) is 0.481. The van der Waals surface area contributed by atoms with Crippen molar-refractivity contribution in [1.29, 1.82) is 0 Å². The molecule has 2 heterocycles. The Bertz CT molecular complexity index is 1270. The maximum Gasteiger partial charge on any atom is 0.238 e. The molecule has 8 atom stereocenters. The first-order valence-corrected chi connectivity index (χ1v) is 13.3. The van der Waals surface area contributed by atoms with Gasteiger partial charge in [0.25, 0.3) is 0 Å². The molecule has 4 bridgehead atoms. The molecule has 2 aromatic rings. The van der Waals surface area contributed by atoms with Crippen molar-refractivity contribution < 1.29 is 19.2 Å². The molecule has 2 saturated heterocycles. The van der Waals surface area contributed by atoms with Crippen LogP contribution in [-0.2, 0) is 25.6 Å². The van der Waals surface area contributed by atoms with Gasteiger partial charge in [0.1, 0.15) is 0 Å². The number of carbonyl (C=O) groups excluding carboxylic acids is 4. The van der Waals surface area contributed by atoms with Gasteiger partial charge in [0.2, 0.25) is 23.6 Å². The molecule has 6 heteroatoms. The van der Waals surface area contributed by atoms with E-state index < -0.39 is 0 Å². The van der Waals surface area contributed by atoms with Crippen LogP contribution >= 0.6 is 0 Å². The first kappa shape index (κ1) is 21.3. The van der Waals surface area contributed by atoms with Gasteiger partial charge in [-0.25, -0.2) is 0 Å². The van der Waals surface area contributed by atoms with Crippen molar-refractivity contribution in [3.05, 3.63) is 84.0 Å². The average Bonchev–Trinajstić information content (AvgIpc) is 3.74. The van der Waals surface area contributed by atoms with Crippen LogP contribution in [0.5, 0.6) is 0 Å². The largest absolute Gasteiger partial charge is 0.274 e. The molecule has 0 N–H and O–H groups in total. The Hall–Kier alpha value is -3.80. The van der Waals surface area contributed by atoms with Crippen molar-refractivity contribution in [1.82, 2.24) is 0 Å². The summed E-state index contributed by atoms with van der Waals surface area (Å²) in [7, 11) is 0. The van der Waals surface area contributed by atoms with Crippen LogP contribution in [0.15, 0.2) is 72.8 Å². The molecule has 0 unspecified atom stereocenters. The van der Waals surface area contributed by atoms with Crippen LogP contribution < -0.4 is 9.80 Å². The first-order valence-electron chi connectivity index (χ1n) is 13.3. The lowest BCUT2D eigenvalue weighted by Gasteiger charge is -2.18. The van der Waals surface area contributed by atoms with Crippen molar-refractivity contribution in [3.8, 4) is 0 Å². The first-order chi connectivity index (χ1) is 18.0. The van der Waals surface area contributed by atoms with Gasteiger partial charge >= 0.3 is 0 Å². The minimum Gasteiger partial charge on any atom is -0.274 e. The van der Waals surface area contributed by atoms with E-state index in [4.69, 9.17) is 0 Å². The standard InChI is InChI=1S/C31H26N2O4/c34-28-24-18-5-6-19(14-18)25(24)29(35)32(28)22-9-1-16(2-10-22)13-17-3-11-23(12-4-17)33-30(36)26-20-7-8-21(15-20)27(26)31(33)37/h1-12,18-21,24-27H,13-15H2/t18-,19-,20-,21-,24+,25+,26+,27+/m0/s1. The summed E-state index contributed by atoms with van der Waals surface area (Å²) in [6.07, 6.45) is 11.0. The van der Waals surface area contributed by atoms with E-state index in [1.807, 2.05) is 48.5 Å². The molecule has 0 aromatic heterocycles. The van der Waals surface area contributed by atoms with Gasteiger partial charge in [0, 0.05) is 0 Å². The zero-order valence-electron chi connectivity index (χ0n) is 20.2. The molecule has 4 amide bonds. The number of carbonyl (C=O) groups is 4. The molecule has 184 valence electrons. The number of imide groups is 2. The topological polar surface area (TPSA) is 74.8 Å². The maximum atomic E-state index is 13.1. The van der Waals surface area contributed by atoms with Crippen LogP contribution in [0.3, 0.4) is 0 Å². The highest BCUT2D eigenvalue weighted by molar-refractivity contribution is 6.23. The Morgan fingerprint density at radius 2 is 0.784 bits per heavy atom.